The summed E-state index contributed by atoms with van der Waals surface area (Å²) >= 11 is 4.16. The summed E-state index contributed by atoms with van der Waals surface area (Å²) in [4.78, 5) is 174. The van der Waals surface area contributed by atoms with Crippen LogP contribution in [0.1, 0.15) is 40.3 Å². The Balaban J connectivity index is 0.840. The van der Waals surface area contributed by atoms with Gasteiger partial charge in [-0.1, -0.05) is 0 Å². The number of carbonyl (C=O) groups excluding carboxylic acids is 5. The van der Waals surface area contributed by atoms with Crippen molar-refractivity contribution in [2.24, 2.45) is 5.73 Å². The number of Topliss-reactive ketones (excluding diaryl/α,β-unsaturated/α-hetero) is 1. The maximum absolute atomic E-state index is 13.7. The summed E-state index contributed by atoms with van der Waals surface area (Å²) in [5.74, 6) is -6.84. The number of amides is 4. The molecular weight excluding hydrogens is 1180 g/mol. The zero-order valence-electron chi connectivity index (χ0n) is 45.6. The van der Waals surface area contributed by atoms with Crippen LogP contribution >= 0.6 is 12.6 Å². The van der Waals surface area contributed by atoms with E-state index in [1.807, 2.05) is 0 Å². The lowest BCUT2D eigenvalue weighted by atomic mass is 10.1. The first-order chi connectivity index (χ1) is 41.8. The highest BCUT2D eigenvalue weighted by atomic mass is 32.1. The molecule has 4 amide bonds. The summed E-state index contributed by atoms with van der Waals surface area (Å²) in [5.41, 5.74) is 25.8. The molecule has 38 nitrogen and oxygen atoms in total. The van der Waals surface area contributed by atoms with Gasteiger partial charge in [-0.05, 0) is 18.1 Å². The van der Waals surface area contributed by atoms with Crippen LogP contribution in [-0.4, -0.2) is 123 Å². The number of hydrogen-bond acceptors (Lipinski definition) is 26. The van der Waals surface area contributed by atoms with E-state index in [0.717, 1.165) is 26.0 Å². The Labute approximate surface area is 493 Å². The molecule has 0 bridgehead atoms. The fraction of sp³-hybridized carbons (Fsp3) is 0.265. The molecule has 0 fully saturated rings. The van der Waals surface area contributed by atoms with Gasteiger partial charge < -0.3 is 79.0 Å². The standard InChI is InChI=1S/C49H52N24O14S/c50-6-21-12-70(47(85)67-42(21)82)16-31(77)58-10-28-60-38-41(65-46(54)66-44(38)84)73(28)18-33(79)57-8-23-3-27(51)59-48(86)72(23)17-32(78)55-7-22-13-69(40-37(22)39(52)63-45(53)64-40)15-30(76)56-9-24-4-29(75)61-49(87)71(24)14-25(74)2-1-20-11-68(19-35(80)81)26-5-34(88)62-43(83)36(20)26/h3-5,11-13H,1-2,6-10,14-19,50H2,(H,55,78)(H,56,76)(H,57,79)(H,58,77)(H,80,81)(H2,51,59,86)(H,61,75,87)(H2,62,83,88)(H,67,82,85)(H4,52,53,63,64)(H3,54,65,66,84). The van der Waals surface area contributed by atoms with Gasteiger partial charge in [0, 0.05) is 72.7 Å². The van der Waals surface area contributed by atoms with E-state index < -0.39 is 140 Å². The van der Waals surface area contributed by atoms with Crippen LogP contribution in [0.4, 0.5) is 23.5 Å². The Hall–Kier alpha value is -11.8. The third-order valence-electron chi connectivity index (χ3n) is 13.4. The van der Waals surface area contributed by atoms with Gasteiger partial charge in [0.05, 0.1) is 47.5 Å². The number of imidazole rings is 1. The van der Waals surface area contributed by atoms with Crippen molar-refractivity contribution < 1.29 is 44.1 Å². The summed E-state index contributed by atoms with van der Waals surface area (Å²) in [7, 11) is 0. The maximum atomic E-state index is 13.7. The Morgan fingerprint density at radius 3 is 1.89 bits per heavy atom. The highest BCUT2D eigenvalue weighted by Gasteiger charge is 2.24. The Morgan fingerprint density at radius 2 is 1.18 bits per heavy atom. The third kappa shape index (κ3) is 13.6. The number of aryl methyl sites for hydroxylation is 1. The first-order valence-corrected chi connectivity index (χ1v) is 26.3. The molecule has 39 heteroatoms. The van der Waals surface area contributed by atoms with E-state index in [1.54, 1.807) is 0 Å². The van der Waals surface area contributed by atoms with Gasteiger partial charge in [0.25, 0.3) is 11.1 Å². The van der Waals surface area contributed by atoms with Crippen LogP contribution in [0.25, 0.3) is 33.1 Å². The number of ketones is 1. The van der Waals surface area contributed by atoms with Crippen molar-refractivity contribution in [3.63, 3.8) is 0 Å². The number of H-pyrrole nitrogens is 2. The molecule has 0 aliphatic carbocycles. The number of anilines is 4. The van der Waals surface area contributed by atoms with Crippen LogP contribution in [0.3, 0.4) is 0 Å². The van der Waals surface area contributed by atoms with Gasteiger partial charge in [-0.25, -0.2) is 24.4 Å². The normalized spacial score (nSPS) is 11.3. The maximum Gasteiger partial charge on any atom is 0.350 e. The van der Waals surface area contributed by atoms with Gasteiger partial charge in [-0.15, -0.1) is 12.6 Å². The highest BCUT2D eigenvalue weighted by Crippen LogP contribution is 2.32. The molecule has 88 heavy (non-hydrogen) atoms. The lowest BCUT2D eigenvalue weighted by molar-refractivity contribution is -0.137. The van der Waals surface area contributed by atoms with E-state index in [1.165, 1.54) is 38.2 Å². The predicted octanol–water partition coefficient (Wildman–Crippen LogP) is -5.78. The average molecular weight is 1230 g/mol. The number of nitrogens with two attached hydrogens (primary N) is 5. The number of aromatic hydroxyl groups is 2. The molecule has 458 valence electrons. The second kappa shape index (κ2) is 25.2. The number of nitrogens with one attached hydrogen (secondary N) is 6. The second-order valence-corrected chi connectivity index (χ2v) is 19.9. The number of aromatic nitrogens is 15. The van der Waals surface area contributed by atoms with Gasteiger partial charge in [0.15, 0.2) is 16.9 Å². The van der Waals surface area contributed by atoms with E-state index in [0.29, 0.717) is 11.1 Å². The number of carboxylic acids is 1. The molecule has 0 saturated carbocycles. The monoisotopic (exact) mass is 1230 g/mol. The molecule has 19 N–H and O–H groups in total. The number of nitrogens with zero attached hydrogens (tertiary/aromatic N) is 13. The molecule has 0 unspecified atom stereocenters. The number of rotatable bonds is 24. The molecule has 9 aromatic rings. The van der Waals surface area contributed by atoms with Crippen molar-refractivity contribution in [3.05, 3.63) is 123 Å². The van der Waals surface area contributed by atoms with E-state index in [9.17, 15) is 68.1 Å². The largest absolute Gasteiger partial charge is 0.493 e. The highest BCUT2D eigenvalue weighted by molar-refractivity contribution is 7.80. The number of fused-ring (bicyclic) bond motifs is 3. The SMILES string of the molecule is NCc1cn(CC(=O)NCc2nc3c(O)nc(N)nc3n2CC(=O)NCc2cc(N)nc(=O)n2CC(=O)NCc2cn(CC(=O)NCc3cc(=O)[nH]c(=O)n3CC(=O)CCc3cn(CC(=O)O)c4cc(S)nc(O)c34)c3nc(N)nc(N)c23)c(=O)[nH]c1=O. The fourth-order valence-electron chi connectivity index (χ4n) is 9.44. The summed E-state index contributed by atoms with van der Waals surface area (Å²) < 4.78 is 6.68. The van der Waals surface area contributed by atoms with Crippen LogP contribution < -0.4 is 78.1 Å². The lowest BCUT2D eigenvalue weighted by Crippen LogP contribution is -2.38. The van der Waals surface area contributed by atoms with Crippen molar-refractivity contribution in [2.75, 3.05) is 22.9 Å². The Bertz CT molecular complexity index is 4670. The van der Waals surface area contributed by atoms with Crippen molar-refractivity contribution in [1.29, 1.82) is 0 Å². The summed E-state index contributed by atoms with van der Waals surface area (Å²) in [6, 6.07) is 3.71. The van der Waals surface area contributed by atoms with Crippen molar-refractivity contribution in [1.82, 2.24) is 93.5 Å². The number of aliphatic carboxylic acids is 1. The van der Waals surface area contributed by atoms with Crippen LogP contribution in [-0.2, 0) is 107 Å². The molecule has 9 heterocycles. The molecule has 0 saturated heterocycles. The average Bonchev–Trinajstić information content (AvgIpc) is 3.71. The van der Waals surface area contributed by atoms with Crippen LogP contribution in [0, 0.1) is 0 Å². The summed E-state index contributed by atoms with van der Waals surface area (Å²) in [5, 5.41) is 41.5. The molecule has 0 aliphatic rings. The first-order valence-electron chi connectivity index (χ1n) is 25.9. The van der Waals surface area contributed by atoms with Crippen LogP contribution in [0.15, 0.2) is 65.8 Å². The van der Waals surface area contributed by atoms with Crippen LogP contribution in [0.2, 0.25) is 0 Å². The molecule has 0 atom stereocenters. The number of thiol groups is 1. The third-order valence-corrected chi connectivity index (χ3v) is 13.6. The lowest BCUT2D eigenvalue weighted by Gasteiger charge is -2.15. The zero-order valence-corrected chi connectivity index (χ0v) is 46.5. The van der Waals surface area contributed by atoms with Gasteiger partial charge in [-0.3, -0.25) is 62.0 Å². The smallest absolute Gasteiger partial charge is 0.350 e. The van der Waals surface area contributed by atoms with Crippen molar-refractivity contribution in [2.45, 2.75) is 89.9 Å². The van der Waals surface area contributed by atoms with E-state index in [2.05, 4.69) is 78.8 Å². The Morgan fingerprint density at radius 1 is 0.568 bits per heavy atom. The number of pyridine rings is 1. The molecule has 9 aromatic heterocycles. The molecule has 0 radical (unpaired) electrons. The predicted molar refractivity (Wildman–Crippen MR) is 308 cm³/mol. The topological polar surface area (TPSA) is 578 Å². The van der Waals surface area contributed by atoms with E-state index >= 15 is 0 Å². The molecule has 9 rings (SSSR count). The Kier molecular flexibility index (Phi) is 17.4. The molecule has 0 spiro atoms. The minimum absolute atomic E-state index is 0.00641. The van der Waals surface area contributed by atoms with Gasteiger partial charge in [0.1, 0.15) is 55.8 Å². The second-order valence-electron chi connectivity index (χ2n) is 19.5. The number of aromatic amines is 2. The molecular formula is C49H52N24O14S. The minimum atomic E-state index is -1.17. The number of nitrogen functional groups attached to an aromatic ring is 4. The first kappa shape index (κ1) is 60.8. The minimum Gasteiger partial charge on any atom is -0.493 e. The summed E-state index contributed by atoms with van der Waals surface area (Å²) in [6.45, 7) is -5.11. The van der Waals surface area contributed by atoms with E-state index in [-0.39, 0.29) is 104 Å². The van der Waals surface area contributed by atoms with Crippen molar-refractivity contribution >= 4 is 105 Å². The number of carboxylic acid groups (broad SMARTS) is 1. The quantitative estimate of drug-likeness (QED) is 0.0251. The number of hydrogen-bond donors (Lipinski definition) is 15. The molecule has 0 aromatic carbocycles. The fourth-order valence-corrected chi connectivity index (χ4v) is 9.66. The summed E-state index contributed by atoms with van der Waals surface area (Å²) in [6.07, 6.45) is 3.79. The zero-order chi connectivity index (χ0) is 63.4. The van der Waals surface area contributed by atoms with E-state index in [4.69, 9.17) is 28.7 Å². The van der Waals surface area contributed by atoms with Crippen LogP contribution in [0.5, 0.6) is 11.8 Å². The number of carbonyl (C=O) groups is 6. The van der Waals surface area contributed by atoms with Crippen molar-refractivity contribution in [3.8, 4) is 11.8 Å². The van der Waals surface area contributed by atoms with Gasteiger partial charge in [-0.2, -0.15) is 24.9 Å². The van der Waals surface area contributed by atoms with Gasteiger partial charge in [0.2, 0.25) is 47.3 Å². The molecule has 0 aliphatic heterocycles. The van der Waals surface area contributed by atoms with Gasteiger partial charge >= 0.3 is 23.0 Å².